The molecule has 2 bridgehead atoms. The lowest BCUT2D eigenvalue weighted by Gasteiger charge is -2.37. The van der Waals surface area contributed by atoms with Crippen molar-refractivity contribution in [1.29, 1.82) is 0 Å². The summed E-state index contributed by atoms with van der Waals surface area (Å²) in [6.45, 7) is 4.80. The third-order valence-electron chi connectivity index (χ3n) is 5.52. The molecule has 4 atom stereocenters. The van der Waals surface area contributed by atoms with Crippen molar-refractivity contribution in [2.75, 3.05) is 46.4 Å². The molecule has 0 radical (unpaired) electrons. The molecule has 1 saturated heterocycles. The summed E-state index contributed by atoms with van der Waals surface area (Å²) in [6.07, 6.45) is 5.98. The van der Waals surface area contributed by atoms with Crippen molar-refractivity contribution < 1.29 is 14.6 Å². The number of likely N-dealkylation sites (N-methyl/N-ethyl adjacent to an activating group) is 1. The molecule has 3 fully saturated rings. The largest absolute Gasteiger partial charge is 0.480 e. The fraction of sp³-hybridized carbons (Fsp3) is 0.938. The van der Waals surface area contributed by atoms with E-state index in [9.17, 15) is 4.79 Å². The van der Waals surface area contributed by atoms with Gasteiger partial charge >= 0.3 is 5.97 Å². The Hall–Kier alpha value is -0.650. The van der Waals surface area contributed by atoms with Gasteiger partial charge in [-0.25, -0.2) is 0 Å². The Kier molecular flexibility index (Phi) is 4.82. The summed E-state index contributed by atoms with van der Waals surface area (Å²) in [5.41, 5.74) is 0. The average Bonchev–Trinajstić information content (AvgIpc) is 3.00. The number of rotatable bonds is 6. The van der Waals surface area contributed by atoms with Gasteiger partial charge in [-0.15, -0.1) is 0 Å². The second-order valence-corrected chi connectivity index (χ2v) is 7.28. The zero-order chi connectivity index (χ0) is 14.8. The number of ether oxygens (including phenoxy) is 1. The van der Waals surface area contributed by atoms with E-state index in [1.165, 1.54) is 32.2 Å². The fourth-order valence-corrected chi connectivity index (χ4v) is 4.63. The summed E-state index contributed by atoms with van der Waals surface area (Å²) in [7, 11) is 1.85. The van der Waals surface area contributed by atoms with Gasteiger partial charge in [-0.1, -0.05) is 6.42 Å². The minimum atomic E-state index is -0.771. The van der Waals surface area contributed by atoms with Crippen LogP contribution in [0, 0.1) is 17.8 Å². The van der Waals surface area contributed by atoms with E-state index >= 15 is 0 Å². The van der Waals surface area contributed by atoms with Gasteiger partial charge in [0, 0.05) is 26.2 Å². The summed E-state index contributed by atoms with van der Waals surface area (Å²) in [6, 6.07) is 0. The van der Waals surface area contributed by atoms with Gasteiger partial charge < -0.3 is 9.84 Å². The summed E-state index contributed by atoms with van der Waals surface area (Å²) < 4.78 is 5.81. The smallest absolute Gasteiger partial charge is 0.317 e. The molecule has 0 aromatic carbocycles. The van der Waals surface area contributed by atoms with Crippen LogP contribution in [0.2, 0.25) is 0 Å². The Morgan fingerprint density at radius 2 is 2.24 bits per heavy atom. The number of hydrogen-bond acceptors (Lipinski definition) is 4. The Morgan fingerprint density at radius 3 is 2.90 bits per heavy atom. The molecular weight excluding hydrogens is 268 g/mol. The van der Waals surface area contributed by atoms with Crippen LogP contribution in [0.4, 0.5) is 0 Å². The molecule has 21 heavy (non-hydrogen) atoms. The van der Waals surface area contributed by atoms with E-state index in [4.69, 9.17) is 9.84 Å². The van der Waals surface area contributed by atoms with Crippen LogP contribution in [0.3, 0.4) is 0 Å². The predicted molar refractivity (Wildman–Crippen MR) is 80.3 cm³/mol. The van der Waals surface area contributed by atoms with Crippen molar-refractivity contribution >= 4 is 5.97 Å². The van der Waals surface area contributed by atoms with Gasteiger partial charge in [0.2, 0.25) is 0 Å². The van der Waals surface area contributed by atoms with Gasteiger partial charge in [-0.3, -0.25) is 14.6 Å². The van der Waals surface area contributed by atoms with Crippen molar-refractivity contribution in [2.45, 2.75) is 31.8 Å². The Morgan fingerprint density at radius 1 is 1.38 bits per heavy atom. The van der Waals surface area contributed by atoms with E-state index in [2.05, 4.69) is 4.90 Å². The van der Waals surface area contributed by atoms with Gasteiger partial charge in [-0.05, 0) is 44.1 Å². The molecular formula is C16H28N2O3. The molecule has 5 nitrogen and oxygen atoms in total. The lowest BCUT2D eigenvalue weighted by molar-refractivity contribution is -0.138. The number of nitrogens with zero attached hydrogens (tertiary/aromatic N) is 2. The first-order valence-corrected chi connectivity index (χ1v) is 8.34. The topological polar surface area (TPSA) is 53.0 Å². The summed E-state index contributed by atoms with van der Waals surface area (Å²) in [4.78, 5) is 15.1. The lowest BCUT2D eigenvalue weighted by Crippen LogP contribution is -2.49. The maximum Gasteiger partial charge on any atom is 0.317 e. The molecule has 5 heteroatoms. The van der Waals surface area contributed by atoms with E-state index < -0.39 is 5.97 Å². The van der Waals surface area contributed by atoms with E-state index in [0.717, 1.165) is 37.5 Å². The molecule has 1 N–H and O–H groups in total. The Labute approximate surface area is 127 Å². The standard InChI is InChI=1S/C16H28N2O3/c1-17(11-16(19)20)9-15-10-18(4-5-21-15)8-14-7-12-2-3-13(14)6-12/h12-15H,2-11H2,1H3,(H,19,20). The second kappa shape index (κ2) is 6.63. The zero-order valence-electron chi connectivity index (χ0n) is 13.0. The van der Waals surface area contributed by atoms with E-state index in [-0.39, 0.29) is 12.6 Å². The molecule has 3 aliphatic rings. The number of hydrogen-bond donors (Lipinski definition) is 1. The molecule has 0 aromatic heterocycles. The van der Waals surface area contributed by atoms with E-state index in [1.54, 1.807) is 0 Å². The number of fused-ring (bicyclic) bond motifs is 2. The number of aliphatic carboxylic acids is 1. The average molecular weight is 296 g/mol. The molecule has 1 heterocycles. The first-order valence-electron chi connectivity index (χ1n) is 8.34. The van der Waals surface area contributed by atoms with Crippen LogP contribution in [0.1, 0.15) is 25.7 Å². The maximum atomic E-state index is 10.7. The quantitative estimate of drug-likeness (QED) is 0.796. The monoisotopic (exact) mass is 296 g/mol. The third kappa shape index (κ3) is 3.96. The number of carboxylic acid groups (broad SMARTS) is 1. The number of morpholine rings is 1. The van der Waals surface area contributed by atoms with E-state index in [1.807, 2.05) is 11.9 Å². The minimum absolute atomic E-state index is 0.0895. The summed E-state index contributed by atoms with van der Waals surface area (Å²) in [5.74, 6) is 2.12. The molecule has 3 rings (SSSR count). The van der Waals surface area contributed by atoms with Crippen LogP contribution in [-0.2, 0) is 9.53 Å². The van der Waals surface area contributed by atoms with Crippen LogP contribution in [-0.4, -0.2) is 73.4 Å². The van der Waals surface area contributed by atoms with Gasteiger partial charge in [0.25, 0.3) is 0 Å². The van der Waals surface area contributed by atoms with Crippen molar-refractivity contribution in [3.8, 4) is 0 Å². The Balaban J connectivity index is 1.44. The van der Waals surface area contributed by atoms with Crippen LogP contribution in [0.5, 0.6) is 0 Å². The van der Waals surface area contributed by atoms with Crippen LogP contribution in [0.25, 0.3) is 0 Å². The highest BCUT2D eigenvalue weighted by Crippen LogP contribution is 2.48. The molecule has 2 saturated carbocycles. The predicted octanol–water partition coefficient (Wildman–Crippen LogP) is 1.14. The van der Waals surface area contributed by atoms with Crippen LogP contribution in [0.15, 0.2) is 0 Å². The van der Waals surface area contributed by atoms with Crippen molar-refractivity contribution in [3.05, 3.63) is 0 Å². The highest BCUT2D eigenvalue weighted by atomic mass is 16.5. The van der Waals surface area contributed by atoms with Crippen LogP contribution >= 0.6 is 0 Å². The molecule has 0 spiro atoms. The zero-order valence-corrected chi connectivity index (χ0v) is 13.0. The molecule has 0 amide bonds. The lowest BCUT2D eigenvalue weighted by atomic mass is 9.88. The van der Waals surface area contributed by atoms with Crippen LogP contribution < -0.4 is 0 Å². The highest BCUT2D eigenvalue weighted by Gasteiger charge is 2.40. The molecule has 120 valence electrons. The minimum Gasteiger partial charge on any atom is -0.480 e. The second-order valence-electron chi connectivity index (χ2n) is 7.28. The van der Waals surface area contributed by atoms with Crippen molar-refractivity contribution in [1.82, 2.24) is 9.80 Å². The normalized spacial score (nSPS) is 36.5. The van der Waals surface area contributed by atoms with Gasteiger partial charge in [0.15, 0.2) is 0 Å². The van der Waals surface area contributed by atoms with Gasteiger partial charge in [0.1, 0.15) is 0 Å². The number of carbonyl (C=O) groups is 1. The molecule has 2 aliphatic carbocycles. The Bertz CT molecular complexity index is 377. The first-order chi connectivity index (χ1) is 10.1. The van der Waals surface area contributed by atoms with Gasteiger partial charge in [0.05, 0.1) is 19.3 Å². The third-order valence-corrected chi connectivity index (χ3v) is 5.52. The SMILES string of the molecule is CN(CC(=O)O)CC1CN(CC2CC3CCC2C3)CCO1. The molecule has 1 aliphatic heterocycles. The van der Waals surface area contributed by atoms with Gasteiger partial charge in [-0.2, -0.15) is 0 Å². The van der Waals surface area contributed by atoms with Crippen molar-refractivity contribution in [3.63, 3.8) is 0 Å². The van der Waals surface area contributed by atoms with E-state index in [0.29, 0.717) is 6.54 Å². The van der Waals surface area contributed by atoms with Crippen molar-refractivity contribution in [2.24, 2.45) is 17.8 Å². The molecule has 0 aromatic rings. The first kappa shape index (κ1) is 15.3. The highest BCUT2D eigenvalue weighted by molar-refractivity contribution is 5.68. The number of carboxylic acids is 1. The summed E-state index contributed by atoms with van der Waals surface area (Å²) in [5, 5.41) is 8.82. The molecule has 4 unspecified atom stereocenters. The fourth-order valence-electron chi connectivity index (χ4n) is 4.63. The maximum absolute atomic E-state index is 10.7. The summed E-state index contributed by atoms with van der Waals surface area (Å²) >= 11 is 0.